The molecule has 7 nitrogen and oxygen atoms in total. The van der Waals surface area contributed by atoms with Crippen LogP contribution in [0.25, 0.3) is 0 Å². The number of thioether (sulfide) groups is 1. The number of rotatable bonds is 5. The minimum atomic E-state index is -0.863. The molecule has 1 aromatic heterocycles. The van der Waals surface area contributed by atoms with Crippen LogP contribution in [0.1, 0.15) is 43.5 Å². The number of nitrogens with zero attached hydrogens (tertiary/aromatic N) is 4. The van der Waals surface area contributed by atoms with Crippen LogP contribution in [0.5, 0.6) is 0 Å². The zero-order chi connectivity index (χ0) is 15.0. The fourth-order valence-corrected chi connectivity index (χ4v) is 3.41. The molecule has 1 amide bonds. The average Bonchev–Trinajstić information content (AvgIpc) is 3.20. The van der Waals surface area contributed by atoms with Crippen molar-refractivity contribution >= 4 is 23.6 Å². The first-order valence-corrected chi connectivity index (χ1v) is 8.08. The van der Waals surface area contributed by atoms with E-state index in [2.05, 4.69) is 14.8 Å². The van der Waals surface area contributed by atoms with E-state index in [0.29, 0.717) is 24.0 Å². The number of amides is 1. The van der Waals surface area contributed by atoms with Crippen molar-refractivity contribution in [3.63, 3.8) is 0 Å². The maximum atomic E-state index is 11.6. The molecule has 1 saturated heterocycles. The van der Waals surface area contributed by atoms with Gasteiger partial charge in [0.15, 0.2) is 5.16 Å². The quantitative estimate of drug-likeness (QED) is 0.820. The molecular formula is C13H18N4O3S. The summed E-state index contributed by atoms with van der Waals surface area (Å²) in [5.41, 5.74) is 0. The number of carboxylic acids is 1. The second-order valence-electron chi connectivity index (χ2n) is 5.63. The minimum absolute atomic E-state index is 0.0235. The molecule has 0 aromatic carbocycles. The molecule has 114 valence electrons. The van der Waals surface area contributed by atoms with Gasteiger partial charge in [0.1, 0.15) is 5.82 Å². The van der Waals surface area contributed by atoms with Gasteiger partial charge in [0.05, 0.1) is 11.8 Å². The van der Waals surface area contributed by atoms with Crippen LogP contribution in [0.15, 0.2) is 5.16 Å². The molecule has 0 bridgehead atoms. The fourth-order valence-electron chi connectivity index (χ4n) is 2.68. The Morgan fingerprint density at radius 3 is 2.76 bits per heavy atom. The highest BCUT2D eigenvalue weighted by Gasteiger charge is 2.35. The summed E-state index contributed by atoms with van der Waals surface area (Å²) < 4.78 is 2.08. The number of hydrogen-bond acceptors (Lipinski definition) is 5. The molecule has 0 spiro atoms. The number of carbonyl (C=O) groups is 2. The van der Waals surface area contributed by atoms with Gasteiger partial charge in [-0.05, 0) is 19.3 Å². The summed E-state index contributed by atoms with van der Waals surface area (Å²) >= 11 is 1.20. The summed E-state index contributed by atoms with van der Waals surface area (Å²) in [4.78, 5) is 24.2. The highest BCUT2D eigenvalue weighted by molar-refractivity contribution is 7.99. The van der Waals surface area contributed by atoms with Crippen molar-refractivity contribution < 1.29 is 14.7 Å². The first-order valence-electron chi connectivity index (χ1n) is 7.09. The second kappa shape index (κ2) is 5.67. The van der Waals surface area contributed by atoms with Gasteiger partial charge in [-0.2, -0.15) is 0 Å². The second-order valence-corrected chi connectivity index (χ2v) is 6.58. The Kier molecular flexibility index (Phi) is 3.88. The van der Waals surface area contributed by atoms with Crippen molar-refractivity contribution in [1.29, 1.82) is 0 Å². The summed E-state index contributed by atoms with van der Waals surface area (Å²) in [7, 11) is 1.81. The molecule has 1 saturated carbocycles. The van der Waals surface area contributed by atoms with Crippen molar-refractivity contribution in [3.8, 4) is 0 Å². The molecule has 2 heterocycles. The zero-order valence-corrected chi connectivity index (χ0v) is 12.7. The topological polar surface area (TPSA) is 88.3 Å². The Morgan fingerprint density at radius 1 is 1.38 bits per heavy atom. The van der Waals surface area contributed by atoms with E-state index in [-0.39, 0.29) is 17.7 Å². The van der Waals surface area contributed by atoms with Gasteiger partial charge >= 0.3 is 5.97 Å². The van der Waals surface area contributed by atoms with Crippen LogP contribution in [-0.4, -0.2) is 56.0 Å². The van der Waals surface area contributed by atoms with Crippen LogP contribution in [-0.2, 0) is 9.59 Å². The number of carboxylic acid groups (broad SMARTS) is 1. The number of hydrogen-bond donors (Lipinski definition) is 1. The molecule has 1 aliphatic carbocycles. The van der Waals surface area contributed by atoms with Gasteiger partial charge in [-0.1, -0.05) is 11.8 Å². The smallest absolute Gasteiger partial charge is 0.313 e. The molecule has 8 heteroatoms. The van der Waals surface area contributed by atoms with Gasteiger partial charge in [0.25, 0.3) is 0 Å². The zero-order valence-electron chi connectivity index (χ0n) is 11.9. The van der Waals surface area contributed by atoms with Gasteiger partial charge in [-0.25, -0.2) is 0 Å². The number of piperidine rings is 1. The maximum Gasteiger partial charge on any atom is 0.313 e. The van der Waals surface area contributed by atoms with E-state index < -0.39 is 5.97 Å². The Labute approximate surface area is 126 Å². The third-order valence-electron chi connectivity index (χ3n) is 3.93. The lowest BCUT2D eigenvalue weighted by atomic mass is 10.1. The highest BCUT2D eigenvalue weighted by Crippen LogP contribution is 2.42. The van der Waals surface area contributed by atoms with Crippen LogP contribution >= 0.6 is 11.8 Å². The lowest BCUT2D eigenvalue weighted by Crippen LogP contribution is -2.38. The molecule has 21 heavy (non-hydrogen) atoms. The molecule has 1 aliphatic heterocycles. The normalized spacial score (nSPS) is 22.6. The molecule has 1 aromatic rings. The monoisotopic (exact) mass is 310 g/mol. The summed E-state index contributed by atoms with van der Waals surface area (Å²) in [6.07, 6.45) is 3.51. The first-order chi connectivity index (χ1) is 10.1. The van der Waals surface area contributed by atoms with E-state index >= 15 is 0 Å². The number of carbonyl (C=O) groups excluding carboxylic acids is 1. The van der Waals surface area contributed by atoms with Gasteiger partial charge in [-0.3, -0.25) is 9.59 Å². The number of aliphatic carboxylic acids is 1. The van der Waals surface area contributed by atoms with E-state index in [9.17, 15) is 9.59 Å². The van der Waals surface area contributed by atoms with Crippen LogP contribution in [0.2, 0.25) is 0 Å². The first kappa shape index (κ1) is 14.4. The molecule has 2 aliphatic rings. The number of likely N-dealkylation sites (N-methyl/N-ethyl adjacent to an activating group) is 1. The van der Waals surface area contributed by atoms with E-state index in [0.717, 1.165) is 25.1 Å². The van der Waals surface area contributed by atoms with E-state index in [1.165, 1.54) is 11.8 Å². The van der Waals surface area contributed by atoms with Crippen LogP contribution < -0.4 is 0 Å². The molecule has 2 fully saturated rings. The van der Waals surface area contributed by atoms with Gasteiger partial charge in [-0.15, -0.1) is 10.2 Å². The van der Waals surface area contributed by atoms with E-state index in [4.69, 9.17) is 5.11 Å². The third-order valence-corrected chi connectivity index (χ3v) is 4.85. The lowest BCUT2D eigenvalue weighted by Gasteiger charge is -2.31. The SMILES string of the molecule is CN1CC(n2c(SCC(=O)O)nnc2C2CC2)CCC1=O. The highest BCUT2D eigenvalue weighted by atomic mass is 32.2. The molecule has 1 unspecified atom stereocenters. The minimum Gasteiger partial charge on any atom is -0.481 e. The van der Waals surface area contributed by atoms with Gasteiger partial charge in [0.2, 0.25) is 5.91 Å². The lowest BCUT2D eigenvalue weighted by molar-refractivity contribution is -0.134. The van der Waals surface area contributed by atoms with Gasteiger partial charge in [0, 0.05) is 25.9 Å². The van der Waals surface area contributed by atoms with Crippen molar-refractivity contribution in [2.75, 3.05) is 19.3 Å². The summed E-state index contributed by atoms with van der Waals surface area (Å²) in [6, 6.07) is 0.148. The standard InChI is InChI=1S/C13H18N4O3S/c1-16-6-9(4-5-10(16)18)17-12(8-2-3-8)14-15-13(17)21-7-11(19)20/h8-9H,2-7H2,1H3,(H,19,20). The van der Waals surface area contributed by atoms with Gasteiger partial charge < -0.3 is 14.6 Å². The molecule has 1 N–H and O–H groups in total. The van der Waals surface area contributed by atoms with Crippen molar-refractivity contribution in [3.05, 3.63) is 5.82 Å². The van der Waals surface area contributed by atoms with Crippen molar-refractivity contribution in [1.82, 2.24) is 19.7 Å². The predicted octanol–water partition coefficient (Wildman–Crippen LogP) is 1.13. The Bertz CT molecular complexity index is 570. The summed E-state index contributed by atoms with van der Waals surface area (Å²) in [5, 5.41) is 18.0. The fraction of sp³-hybridized carbons (Fsp3) is 0.692. The Morgan fingerprint density at radius 2 is 2.14 bits per heavy atom. The predicted molar refractivity (Wildman–Crippen MR) is 76.3 cm³/mol. The Balaban J connectivity index is 1.85. The maximum absolute atomic E-state index is 11.6. The third kappa shape index (κ3) is 3.04. The molecule has 3 rings (SSSR count). The summed E-state index contributed by atoms with van der Waals surface area (Å²) in [5.74, 6) is 0.672. The number of likely N-dealkylation sites (tertiary alicyclic amines) is 1. The average molecular weight is 310 g/mol. The van der Waals surface area contributed by atoms with E-state index in [1.807, 2.05) is 0 Å². The molecular weight excluding hydrogens is 292 g/mol. The summed E-state index contributed by atoms with van der Waals surface area (Å²) in [6.45, 7) is 0.636. The molecule has 1 atom stereocenters. The van der Waals surface area contributed by atoms with E-state index in [1.54, 1.807) is 11.9 Å². The van der Waals surface area contributed by atoms with Crippen LogP contribution in [0.4, 0.5) is 0 Å². The number of aromatic nitrogens is 3. The largest absolute Gasteiger partial charge is 0.481 e. The van der Waals surface area contributed by atoms with Crippen molar-refractivity contribution in [2.45, 2.75) is 42.8 Å². The molecule has 0 radical (unpaired) electrons. The van der Waals surface area contributed by atoms with Crippen LogP contribution in [0.3, 0.4) is 0 Å². The van der Waals surface area contributed by atoms with Crippen LogP contribution in [0, 0.1) is 0 Å². The van der Waals surface area contributed by atoms with Crippen molar-refractivity contribution in [2.24, 2.45) is 0 Å². The Hall–Kier alpha value is -1.57.